The molecule has 3 saturated heterocycles. The van der Waals surface area contributed by atoms with Gasteiger partial charge in [0.05, 0.1) is 6.04 Å². The molecule has 0 aromatic heterocycles. The van der Waals surface area contributed by atoms with E-state index in [9.17, 15) is 4.79 Å². The number of fused-ring (bicyclic) bond motifs is 1. The maximum Gasteiger partial charge on any atom is 0.257 e. The molecule has 0 unspecified atom stereocenters. The maximum atomic E-state index is 13.0. The summed E-state index contributed by atoms with van der Waals surface area (Å²) in [7, 11) is 1.72. The van der Waals surface area contributed by atoms with Crippen LogP contribution in [0.25, 0.3) is 0 Å². The molecule has 5 nitrogen and oxygen atoms in total. The average molecular weight is 368 g/mol. The van der Waals surface area contributed by atoms with Crippen molar-refractivity contribution in [2.45, 2.75) is 43.6 Å². The number of nitrogens with one attached hydrogen (secondary N) is 1. The van der Waals surface area contributed by atoms with Crippen molar-refractivity contribution in [2.24, 2.45) is 4.99 Å². The molecule has 3 heterocycles. The van der Waals surface area contributed by atoms with E-state index >= 15 is 0 Å². The fourth-order valence-corrected chi connectivity index (χ4v) is 4.17. The highest BCUT2D eigenvalue weighted by atomic mass is 79.9. The van der Waals surface area contributed by atoms with Crippen LogP contribution in [-0.4, -0.2) is 55.0 Å². The van der Waals surface area contributed by atoms with Crippen molar-refractivity contribution in [2.75, 3.05) is 20.1 Å². The van der Waals surface area contributed by atoms with Crippen LogP contribution in [0.2, 0.25) is 0 Å². The summed E-state index contributed by atoms with van der Waals surface area (Å²) < 4.78 is 7.06. The molecule has 3 aliphatic rings. The number of hydrogen-bond donors (Lipinski definition) is 1. The predicted octanol–water partition coefficient (Wildman–Crippen LogP) is 1.99. The minimum atomic E-state index is -0.597. The van der Waals surface area contributed by atoms with Crippen molar-refractivity contribution < 1.29 is 9.53 Å². The van der Waals surface area contributed by atoms with E-state index in [2.05, 4.69) is 32.8 Å². The second-order valence-corrected chi connectivity index (χ2v) is 7.03. The van der Waals surface area contributed by atoms with Gasteiger partial charge in [0.25, 0.3) is 5.91 Å². The van der Waals surface area contributed by atoms with Crippen LogP contribution in [0.3, 0.4) is 0 Å². The Labute approximate surface area is 139 Å². The molecule has 0 aromatic carbocycles. The number of carbonyl (C=O) groups is 1. The summed E-state index contributed by atoms with van der Waals surface area (Å²) in [6, 6.07) is 0.0320. The lowest BCUT2D eigenvalue weighted by Crippen LogP contribution is -2.50. The average Bonchev–Trinajstić information content (AvgIpc) is 3.00. The van der Waals surface area contributed by atoms with Gasteiger partial charge in [-0.3, -0.25) is 9.79 Å². The van der Waals surface area contributed by atoms with Gasteiger partial charge in [-0.05, 0) is 66.4 Å². The molecule has 0 aromatic rings. The third-order valence-electron chi connectivity index (χ3n) is 4.73. The standard InChI is InChI=1S/C16H22BrN3O2/c1-11(9-12(17)10-18-2)13-3-4-14-20(13)15(21)16(22-14)5-7-19-8-6-16/h9-10,13-14,19H,1,3-8H2,2H3/b12-9+,18-10-/t13-,14+/m0/s1. The maximum absolute atomic E-state index is 13.0. The molecule has 2 atom stereocenters. The second-order valence-electron chi connectivity index (χ2n) is 6.11. The normalized spacial score (nSPS) is 31.3. The summed E-state index contributed by atoms with van der Waals surface area (Å²) in [5, 5.41) is 3.30. The van der Waals surface area contributed by atoms with Gasteiger partial charge in [-0.2, -0.15) is 0 Å². The summed E-state index contributed by atoms with van der Waals surface area (Å²) in [4.78, 5) is 18.9. The molecule has 0 bridgehead atoms. The number of nitrogens with zero attached hydrogens (tertiary/aromatic N) is 2. The van der Waals surface area contributed by atoms with Crippen LogP contribution in [0.15, 0.2) is 27.7 Å². The molecule has 1 spiro atoms. The van der Waals surface area contributed by atoms with Crippen molar-refractivity contribution in [3.8, 4) is 0 Å². The fourth-order valence-electron chi connectivity index (χ4n) is 3.67. The van der Waals surface area contributed by atoms with Crippen LogP contribution in [0.5, 0.6) is 0 Å². The van der Waals surface area contributed by atoms with Crippen LogP contribution >= 0.6 is 15.9 Å². The Morgan fingerprint density at radius 2 is 2.23 bits per heavy atom. The fraction of sp³-hybridized carbons (Fsp3) is 0.625. The summed E-state index contributed by atoms with van der Waals surface area (Å²) in [5.74, 6) is 0.149. The first kappa shape index (κ1) is 15.9. The van der Waals surface area contributed by atoms with E-state index in [-0.39, 0.29) is 18.2 Å². The van der Waals surface area contributed by atoms with Gasteiger partial charge in [0.15, 0.2) is 5.60 Å². The van der Waals surface area contributed by atoms with Gasteiger partial charge < -0.3 is 15.0 Å². The molecule has 120 valence electrons. The third kappa shape index (κ3) is 2.68. The molecule has 3 aliphatic heterocycles. The van der Waals surface area contributed by atoms with Gasteiger partial charge >= 0.3 is 0 Å². The van der Waals surface area contributed by atoms with Crippen LogP contribution < -0.4 is 5.32 Å². The lowest BCUT2D eigenvalue weighted by Gasteiger charge is -2.32. The Hall–Kier alpha value is -0.980. The van der Waals surface area contributed by atoms with E-state index in [1.807, 2.05) is 11.0 Å². The lowest BCUT2D eigenvalue weighted by molar-refractivity contribution is -0.140. The van der Waals surface area contributed by atoms with Crippen molar-refractivity contribution in [1.29, 1.82) is 0 Å². The summed E-state index contributed by atoms with van der Waals surface area (Å²) >= 11 is 3.45. The first-order valence-corrected chi connectivity index (χ1v) is 8.56. The molecular weight excluding hydrogens is 346 g/mol. The van der Waals surface area contributed by atoms with Gasteiger partial charge in [0.1, 0.15) is 6.23 Å². The minimum absolute atomic E-state index is 0.0320. The molecule has 1 amide bonds. The van der Waals surface area contributed by atoms with Crippen molar-refractivity contribution in [3.05, 3.63) is 22.7 Å². The van der Waals surface area contributed by atoms with Crippen LogP contribution in [0, 0.1) is 0 Å². The smallest absolute Gasteiger partial charge is 0.257 e. The van der Waals surface area contributed by atoms with E-state index in [1.54, 1.807) is 13.3 Å². The lowest BCUT2D eigenvalue weighted by atomic mass is 9.90. The molecule has 3 rings (SSSR count). The number of piperidine rings is 1. The van der Waals surface area contributed by atoms with Crippen molar-refractivity contribution in [3.63, 3.8) is 0 Å². The van der Waals surface area contributed by atoms with Gasteiger partial charge in [-0.1, -0.05) is 6.58 Å². The molecule has 0 aliphatic carbocycles. The van der Waals surface area contributed by atoms with Crippen LogP contribution in [0.4, 0.5) is 0 Å². The number of ether oxygens (including phenoxy) is 1. The molecule has 6 heteroatoms. The van der Waals surface area contributed by atoms with E-state index in [1.165, 1.54) is 0 Å². The Morgan fingerprint density at radius 1 is 1.50 bits per heavy atom. The Balaban J connectivity index is 1.78. The molecule has 22 heavy (non-hydrogen) atoms. The van der Waals surface area contributed by atoms with Gasteiger partial charge in [0.2, 0.25) is 0 Å². The third-order valence-corrected chi connectivity index (χ3v) is 5.17. The number of hydrogen-bond acceptors (Lipinski definition) is 4. The molecule has 1 N–H and O–H groups in total. The summed E-state index contributed by atoms with van der Waals surface area (Å²) in [5.41, 5.74) is 0.331. The number of rotatable bonds is 3. The molecule has 0 radical (unpaired) electrons. The summed E-state index contributed by atoms with van der Waals surface area (Å²) in [6.45, 7) is 5.84. The summed E-state index contributed by atoms with van der Waals surface area (Å²) in [6.07, 6.45) is 6.91. The monoisotopic (exact) mass is 367 g/mol. The molecular formula is C16H22BrN3O2. The largest absolute Gasteiger partial charge is 0.342 e. The van der Waals surface area contributed by atoms with E-state index < -0.39 is 5.60 Å². The van der Waals surface area contributed by atoms with E-state index in [0.29, 0.717) is 0 Å². The SMILES string of the molecule is C=C(/C=C(Br)\C=N/C)[C@@H]1CC[C@H]2OC3(CCNCC3)C(=O)N21. The highest BCUT2D eigenvalue weighted by Crippen LogP contribution is 2.43. The zero-order valence-corrected chi connectivity index (χ0v) is 14.4. The van der Waals surface area contributed by atoms with Gasteiger partial charge in [-0.15, -0.1) is 0 Å². The second kappa shape index (κ2) is 6.26. The number of halogens is 1. The predicted molar refractivity (Wildman–Crippen MR) is 90.1 cm³/mol. The Kier molecular flexibility index (Phi) is 4.52. The van der Waals surface area contributed by atoms with Crippen LogP contribution in [-0.2, 0) is 9.53 Å². The van der Waals surface area contributed by atoms with Crippen LogP contribution in [0.1, 0.15) is 25.7 Å². The first-order valence-electron chi connectivity index (χ1n) is 7.77. The number of aliphatic imine (C=N–C) groups is 1. The van der Waals surface area contributed by atoms with E-state index in [0.717, 1.165) is 48.8 Å². The minimum Gasteiger partial charge on any atom is -0.342 e. The Bertz CT molecular complexity index is 538. The van der Waals surface area contributed by atoms with E-state index in [4.69, 9.17) is 4.74 Å². The topological polar surface area (TPSA) is 53.9 Å². The van der Waals surface area contributed by atoms with Gasteiger partial charge in [-0.25, -0.2) is 0 Å². The molecule has 0 saturated carbocycles. The van der Waals surface area contributed by atoms with Gasteiger partial charge in [0, 0.05) is 17.7 Å². The Morgan fingerprint density at radius 3 is 2.91 bits per heavy atom. The number of allylic oxidation sites excluding steroid dienone is 1. The van der Waals surface area contributed by atoms with Crippen molar-refractivity contribution in [1.82, 2.24) is 10.2 Å². The quantitative estimate of drug-likeness (QED) is 0.612. The number of carbonyl (C=O) groups excluding carboxylic acids is 1. The highest BCUT2D eigenvalue weighted by molar-refractivity contribution is 9.12. The zero-order valence-electron chi connectivity index (χ0n) is 12.8. The highest BCUT2D eigenvalue weighted by Gasteiger charge is 2.57. The molecule has 3 fully saturated rings. The number of amides is 1. The van der Waals surface area contributed by atoms with Crippen molar-refractivity contribution >= 4 is 28.1 Å². The first-order chi connectivity index (χ1) is 10.6. The zero-order chi connectivity index (χ0) is 15.7.